The Balaban J connectivity index is 1.52. The average molecular weight is 440 g/mol. The number of rotatable bonds is 5. The van der Waals surface area contributed by atoms with Gasteiger partial charge in [0, 0.05) is 18.7 Å². The maximum atomic E-state index is 13.3. The van der Waals surface area contributed by atoms with E-state index in [-0.39, 0.29) is 5.82 Å². The monoisotopic (exact) mass is 439 g/mol. The van der Waals surface area contributed by atoms with Crippen LogP contribution in [0, 0.1) is 17.1 Å². The van der Waals surface area contributed by atoms with E-state index < -0.39 is 0 Å². The second-order valence-corrected chi connectivity index (χ2v) is 8.91. The summed E-state index contributed by atoms with van der Waals surface area (Å²) in [5.74, 6) is 0.454. The zero-order chi connectivity index (χ0) is 20.7. The first-order valence-corrected chi connectivity index (χ1v) is 11.4. The quantitative estimate of drug-likeness (QED) is 0.480. The first-order valence-electron chi connectivity index (χ1n) is 9.73. The van der Waals surface area contributed by atoms with Gasteiger partial charge in [0.15, 0.2) is 10.9 Å². The topological polar surface area (TPSA) is 82.1 Å². The number of benzene rings is 1. The zero-order valence-electron chi connectivity index (χ0n) is 16.2. The normalized spacial score (nSPS) is 13.8. The second kappa shape index (κ2) is 7.66. The molecule has 0 saturated carbocycles. The molecule has 0 amide bonds. The molecule has 0 atom stereocenters. The summed E-state index contributed by atoms with van der Waals surface area (Å²) < 4.78 is 15.1. The Labute approximate surface area is 180 Å². The first-order chi connectivity index (χ1) is 14.7. The third kappa shape index (κ3) is 3.30. The van der Waals surface area contributed by atoms with E-state index in [1.165, 1.54) is 36.3 Å². The second-order valence-electron chi connectivity index (χ2n) is 6.97. The van der Waals surface area contributed by atoms with Crippen LogP contribution >= 0.6 is 22.7 Å². The van der Waals surface area contributed by atoms with Gasteiger partial charge < -0.3 is 10.2 Å². The van der Waals surface area contributed by atoms with Crippen molar-refractivity contribution in [2.45, 2.75) is 26.2 Å². The molecule has 5 rings (SSSR count). The molecule has 1 N–H and O–H groups in total. The number of thiazole rings is 1. The number of nitrogens with one attached hydrogen (secondary N) is 1. The van der Waals surface area contributed by atoms with E-state index >= 15 is 0 Å². The van der Waals surface area contributed by atoms with Gasteiger partial charge in [-0.1, -0.05) is 29.6 Å². The van der Waals surface area contributed by atoms with Crippen LogP contribution in [-0.2, 0) is 6.42 Å². The van der Waals surface area contributed by atoms with Gasteiger partial charge >= 0.3 is 0 Å². The number of halogens is 1. The van der Waals surface area contributed by atoms with Gasteiger partial charge in [-0.2, -0.15) is 9.78 Å². The van der Waals surface area contributed by atoms with Gasteiger partial charge in [0.25, 0.3) is 0 Å². The SMILES string of the molecule is CCc1nc2sc(N3CCCC3)nn2c1Nc1nc(-c2ccc(F)cc2)c(C#N)s1. The number of anilines is 3. The summed E-state index contributed by atoms with van der Waals surface area (Å²) in [6, 6.07) is 8.20. The summed E-state index contributed by atoms with van der Waals surface area (Å²) in [6.45, 7) is 4.10. The average Bonchev–Trinajstić information content (AvgIpc) is 3.53. The van der Waals surface area contributed by atoms with Gasteiger partial charge in [-0.25, -0.2) is 14.4 Å². The van der Waals surface area contributed by atoms with Gasteiger partial charge in [-0.05, 0) is 43.5 Å². The minimum atomic E-state index is -0.322. The number of aromatic nitrogens is 4. The molecule has 1 fully saturated rings. The van der Waals surface area contributed by atoms with Crippen LogP contribution in [0.25, 0.3) is 16.2 Å². The van der Waals surface area contributed by atoms with E-state index in [1.54, 1.807) is 23.5 Å². The number of nitrogens with zero attached hydrogens (tertiary/aromatic N) is 6. The smallest absolute Gasteiger partial charge is 0.216 e. The molecule has 0 bridgehead atoms. The molecule has 0 radical (unpaired) electrons. The number of fused-ring (bicyclic) bond motifs is 1. The van der Waals surface area contributed by atoms with E-state index in [0.717, 1.165) is 41.1 Å². The summed E-state index contributed by atoms with van der Waals surface area (Å²) in [6.07, 6.45) is 3.13. The van der Waals surface area contributed by atoms with Crippen LogP contribution in [0.1, 0.15) is 30.3 Å². The van der Waals surface area contributed by atoms with Crippen molar-refractivity contribution in [1.29, 1.82) is 5.26 Å². The molecule has 1 saturated heterocycles. The fourth-order valence-corrected chi connectivity index (χ4v) is 5.30. The Morgan fingerprint density at radius 3 is 2.63 bits per heavy atom. The van der Waals surface area contributed by atoms with Gasteiger partial charge in [-0.3, -0.25) is 0 Å². The minimum Gasteiger partial charge on any atom is -0.347 e. The van der Waals surface area contributed by atoms with E-state index in [1.807, 2.05) is 11.4 Å². The van der Waals surface area contributed by atoms with Gasteiger partial charge in [0.05, 0.1) is 5.69 Å². The van der Waals surface area contributed by atoms with Crippen LogP contribution in [0.3, 0.4) is 0 Å². The third-order valence-electron chi connectivity index (χ3n) is 5.05. The molecular weight excluding hydrogens is 421 g/mol. The molecule has 0 unspecified atom stereocenters. The molecule has 1 aliphatic rings. The van der Waals surface area contributed by atoms with Crippen molar-refractivity contribution in [3.05, 3.63) is 40.7 Å². The molecular formula is C20H18FN7S2. The molecule has 0 aliphatic carbocycles. The maximum Gasteiger partial charge on any atom is 0.216 e. The molecule has 0 spiro atoms. The lowest BCUT2D eigenvalue weighted by atomic mass is 10.1. The van der Waals surface area contributed by atoms with Crippen molar-refractivity contribution in [3.8, 4) is 17.3 Å². The molecule has 30 heavy (non-hydrogen) atoms. The lowest BCUT2D eigenvalue weighted by Gasteiger charge is -2.11. The largest absolute Gasteiger partial charge is 0.347 e. The number of aryl methyl sites for hydroxylation is 1. The predicted molar refractivity (Wildman–Crippen MR) is 117 cm³/mol. The summed E-state index contributed by atoms with van der Waals surface area (Å²) in [5.41, 5.74) is 2.15. The fourth-order valence-electron chi connectivity index (χ4n) is 3.54. The fraction of sp³-hybridized carbons (Fsp3) is 0.300. The number of imidazole rings is 1. The summed E-state index contributed by atoms with van der Waals surface area (Å²) in [5, 5.41) is 19.2. The van der Waals surface area contributed by atoms with Crippen molar-refractivity contribution in [1.82, 2.24) is 19.6 Å². The van der Waals surface area contributed by atoms with E-state index in [9.17, 15) is 9.65 Å². The third-order valence-corrected chi connectivity index (χ3v) is 6.89. The van der Waals surface area contributed by atoms with E-state index in [0.29, 0.717) is 21.3 Å². The Morgan fingerprint density at radius 1 is 1.17 bits per heavy atom. The minimum absolute atomic E-state index is 0.322. The Morgan fingerprint density at radius 2 is 1.93 bits per heavy atom. The van der Waals surface area contributed by atoms with Gasteiger partial charge in [0.1, 0.15) is 22.5 Å². The van der Waals surface area contributed by atoms with Crippen molar-refractivity contribution in [3.63, 3.8) is 0 Å². The number of hydrogen-bond acceptors (Lipinski definition) is 8. The van der Waals surface area contributed by atoms with E-state index in [4.69, 9.17) is 10.1 Å². The van der Waals surface area contributed by atoms with Crippen LogP contribution in [0.5, 0.6) is 0 Å². The molecule has 7 nitrogen and oxygen atoms in total. The lowest BCUT2D eigenvalue weighted by Crippen LogP contribution is -2.17. The van der Waals surface area contributed by atoms with Crippen molar-refractivity contribution in [2.24, 2.45) is 0 Å². The molecule has 1 aromatic carbocycles. The van der Waals surface area contributed by atoms with Crippen LogP contribution in [-0.4, -0.2) is 32.7 Å². The highest BCUT2D eigenvalue weighted by Crippen LogP contribution is 2.35. The summed E-state index contributed by atoms with van der Waals surface area (Å²) in [7, 11) is 0. The van der Waals surface area contributed by atoms with Crippen molar-refractivity contribution < 1.29 is 4.39 Å². The van der Waals surface area contributed by atoms with Crippen LogP contribution < -0.4 is 10.2 Å². The van der Waals surface area contributed by atoms with Crippen LogP contribution in [0.2, 0.25) is 0 Å². The Kier molecular flexibility index (Phi) is 4.84. The first kappa shape index (κ1) is 19.0. The van der Waals surface area contributed by atoms with Crippen LogP contribution in [0.4, 0.5) is 20.5 Å². The zero-order valence-corrected chi connectivity index (χ0v) is 17.9. The molecule has 1 aliphatic heterocycles. The maximum absolute atomic E-state index is 13.3. The summed E-state index contributed by atoms with van der Waals surface area (Å²) in [4.78, 5) is 12.9. The van der Waals surface area contributed by atoms with Crippen molar-refractivity contribution >= 4 is 43.7 Å². The predicted octanol–water partition coefficient (Wildman–Crippen LogP) is 4.83. The highest BCUT2D eigenvalue weighted by atomic mass is 32.1. The molecule has 10 heteroatoms. The van der Waals surface area contributed by atoms with Crippen molar-refractivity contribution in [2.75, 3.05) is 23.3 Å². The van der Waals surface area contributed by atoms with Crippen LogP contribution in [0.15, 0.2) is 24.3 Å². The standard InChI is InChI=1S/C20H18FN7S2/c1-2-14-17(28-19(23-14)30-20(26-28)27-9-3-4-10-27)25-18-24-16(15(11-22)29-18)12-5-7-13(21)8-6-12/h5-8H,2-4,9-10H2,1H3,(H,24,25). The Hall–Kier alpha value is -3.03. The highest BCUT2D eigenvalue weighted by molar-refractivity contribution is 7.20. The molecule has 4 heterocycles. The lowest BCUT2D eigenvalue weighted by molar-refractivity contribution is 0.628. The number of hydrogen-bond donors (Lipinski definition) is 1. The Bertz CT molecular complexity index is 1240. The molecule has 3 aromatic heterocycles. The molecule has 4 aromatic rings. The van der Waals surface area contributed by atoms with Gasteiger partial charge in [-0.15, -0.1) is 5.10 Å². The summed E-state index contributed by atoms with van der Waals surface area (Å²) >= 11 is 2.85. The number of nitriles is 1. The highest BCUT2D eigenvalue weighted by Gasteiger charge is 2.22. The molecule has 152 valence electrons. The van der Waals surface area contributed by atoms with E-state index in [2.05, 4.69) is 21.3 Å². The van der Waals surface area contributed by atoms with Gasteiger partial charge in [0.2, 0.25) is 10.1 Å².